The molecule has 6 nitrogen and oxygen atoms in total. The highest BCUT2D eigenvalue weighted by Gasteiger charge is 2.06. The van der Waals surface area contributed by atoms with Crippen molar-refractivity contribution < 1.29 is 9.53 Å². The zero-order valence-corrected chi connectivity index (χ0v) is 17.4. The smallest absolute Gasteiger partial charge is 0.271 e. The fourth-order valence-electron chi connectivity index (χ4n) is 2.61. The lowest BCUT2D eigenvalue weighted by atomic mass is 10.1. The highest BCUT2D eigenvalue weighted by Crippen LogP contribution is 2.20. The third-order valence-corrected chi connectivity index (χ3v) is 4.94. The van der Waals surface area contributed by atoms with Crippen molar-refractivity contribution in [1.82, 2.24) is 15.4 Å². The van der Waals surface area contributed by atoms with Gasteiger partial charge in [0.1, 0.15) is 5.75 Å². The van der Waals surface area contributed by atoms with E-state index in [2.05, 4.69) is 20.5 Å². The highest BCUT2D eigenvalue weighted by molar-refractivity contribution is 7.98. The number of rotatable bonds is 7. The van der Waals surface area contributed by atoms with Gasteiger partial charge in [-0.15, -0.1) is 0 Å². The van der Waals surface area contributed by atoms with Crippen molar-refractivity contribution in [1.29, 1.82) is 0 Å². The molecule has 0 fully saturated rings. The SMILES string of the molecule is COc1cccc(/C=N/NC(=O)c2ccc(CSc3nc(C)cc(C)n3)cc2)c1. The van der Waals surface area contributed by atoms with Gasteiger partial charge in [-0.2, -0.15) is 5.10 Å². The lowest BCUT2D eigenvalue weighted by Crippen LogP contribution is -2.17. The third-order valence-electron chi connectivity index (χ3n) is 4.02. The van der Waals surface area contributed by atoms with E-state index >= 15 is 0 Å². The summed E-state index contributed by atoms with van der Waals surface area (Å²) >= 11 is 1.57. The van der Waals surface area contributed by atoms with Crippen LogP contribution in [0.15, 0.2) is 64.9 Å². The number of hydrazone groups is 1. The molecular formula is C22H22N4O2S. The second-order valence-corrected chi connectivity index (χ2v) is 7.34. The van der Waals surface area contributed by atoms with Crippen molar-refractivity contribution >= 4 is 23.9 Å². The van der Waals surface area contributed by atoms with Gasteiger partial charge in [-0.05, 0) is 55.3 Å². The van der Waals surface area contributed by atoms with Crippen molar-refractivity contribution in [3.8, 4) is 5.75 Å². The lowest BCUT2D eigenvalue weighted by molar-refractivity contribution is 0.0955. The molecule has 2 aromatic carbocycles. The Bertz CT molecular complexity index is 999. The molecule has 0 aliphatic rings. The molecule has 0 saturated heterocycles. The number of nitrogens with zero attached hydrogens (tertiary/aromatic N) is 3. The quantitative estimate of drug-likeness (QED) is 0.276. The molecule has 29 heavy (non-hydrogen) atoms. The second kappa shape index (κ2) is 9.84. The summed E-state index contributed by atoms with van der Waals surface area (Å²) in [4.78, 5) is 21.1. The number of benzene rings is 2. The molecule has 1 heterocycles. The number of thioether (sulfide) groups is 1. The summed E-state index contributed by atoms with van der Waals surface area (Å²) in [5, 5.41) is 4.77. The summed E-state index contributed by atoms with van der Waals surface area (Å²) in [5.74, 6) is 1.21. The van der Waals surface area contributed by atoms with E-state index in [1.165, 1.54) is 0 Å². The maximum absolute atomic E-state index is 12.2. The molecule has 0 atom stereocenters. The number of hydrogen-bond donors (Lipinski definition) is 1. The molecule has 0 aliphatic heterocycles. The van der Waals surface area contributed by atoms with Crippen LogP contribution in [0.2, 0.25) is 0 Å². The minimum atomic E-state index is -0.263. The van der Waals surface area contributed by atoms with Crippen LogP contribution < -0.4 is 10.2 Å². The minimum absolute atomic E-state index is 0.263. The molecule has 1 aromatic heterocycles. The van der Waals surface area contributed by atoms with E-state index in [-0.39, 0.29) is 5.91 Å². The Morgan fingerprint density at radius 2 is 1.83 bits per heavy atom. The monoisotopic (exact) mass is 406 g/mol. The van der Waals surface area contributed by atoms with Gasteiger partial charge in [-0.25, -0.2) is 15.4 Å². The van der Waals surface area contributed by atoms with Crippen LogP contribution >= 0.6 is 11.8 Å². The molecular weight excluding hydrogens is 384 g/mol. The van der Waals surface area contributed by atoms with Gasteiger partial charge >= 0.3 is 0 Å². The third kappa shape index (κ3) is 6.15. The van der Waals surface area contributed by atoms with Gasteiger partial charge in [0.25, 0.3) is 5.91 Å². The van der Waals surface area contributed by atoms with Gasteiger partial charge in [-0.3, -0.25) is 4.79 Å². The molecule has 0 aliphatic carbocycles. The first-order valence-electron chi connectivity index (χ1n) is 9.05. The average Bonchev–Trinajstić information content (AvgIpc) is 2.72. The van der Waals surface area contributed by atoms with Crippen molar-refractivity contribution in [3.05, 3.63) is 82.7 Å². The molecule has 1 N–H and O–H groups in total. The van der Waals surface area contributed by atoms with Gasteiger partial charge in [0.2, 0.25) is 0 Å². The van der Waals surface area contributed by atoms with Crippen LogP contribution in [-0.4, -0.2) is 29.2 Å². The number of aryl methyl sites for hydroxylation is 2. The van der Waals surface area contributed by atoms with E-state index in [0.29, 0.717) is 5.56 Å². The van der Waals surface area contributed by atoms with Gasteiger partial charge in [0, 0.05) is 22.7 Å². The van der Waals surface area contributed by atoms with Crippen LogP contribution in [0.3, 0.4) is 0 Å². The first-order valence-corrected chi connectivity index (χ1v) is 10.0. The number of methoxy groups -OCH3 is 1. The number of ether oxygens (including phenoxy) is 1. The van der Waals surface area contributed by atoms with Crippen molar-refractivity contribution in [3.63, 3.8) is 0 Å². The van der Waals surface area contributed by atoms with Gasteiger partial charge in [0.15, 0.2) is 5.16 Å². The summed E-state index contributed by atoms with van der Waals surface area (Å²) in [6, 6.07) is 16.8. The maximum atomic E-state index is 12.2. The van der Waals surface area contributed by atoms with Crippen LogP contribution in [0.25, 0.3) is 0 Å². The van der Waals surface area contributed by atoms with E-state index in [1.54, 1.807) is 37.2 Å². The van der Waals surface area contributed by atoms with Crippen molar-refractivity contribution in [2.24, 2.45) is 5.10 Å². The Labute approximate surface area is 174 Å². The first kappa shape index (κ1) is 20.5. The summed E-state index contributed by atoms with van der Waals surface area (Å²) < 4.78 is 5.16. The first-order chi connectivity index (χ1) is 14.0. The van der Waals surface area contributed by atoms with Gasteiger partial charge in [0.05, 0.1) is 13.3 Å². The molecule has 0 radical (unpaired) electrons. The Hall–Kier alpha value is -3.19. The molecule has 0 spiro atoms. The number of carbonyl (C=O) groups is 1. The zero-order chi connectivity index (χ0) is 20.6. The molecule has 7 heteroatoms. The van der Waals surface area contributed by atoms with Crippen LogP contribution in [0.4, 0.5) is 0 Å². The highest BCUT2D eigenvalue weighted by atomic mass is 32.2. The van der Waals surface area contributed by atoms with Crippen molar-refractivity contribution in [2.45, 2.75) is 24.8 Å². The van der Waals surface area contributed by atoms with Gasteiger partial charge < -0.3 is 4.74 Å². The Kier molecular flexibility index (Phi) is 6.97. The summed E-state index contributed by atoms with van der Waals surface area (Å²) in [5.41, 5.74) is 6.93. The predicted octanol–water partition coefficient (Wildman–Crippen LogP) is 4.16. The van der Waals surface area contributed by atoms with Crippen molar-refractivity contribution in [2.75, 3.05) is 7.11 Å². The largest absolute Gasteiger partial charge is 0.497 e. The van der Waals surface area contributed by atoms with E-state index in [4.69, 9.17) is 4.74 Å². The fraction of sp³-hybridized carbons (Fsp3) is 0.182. The number of nitrogens with one attached hydrogen (secondary N) is 1. The summed E-state index contributed by atoms with van der Waals surface area (Å²) in [6.07, 6.45) is 1.58. The number of carbonyl (C=O) groups excluding carboxylic acids is 1. The second-order valence-electron chi connectivity index (χ2n) is 6.39. The fourth-order valence-corrected chi connectivity index (χ4v) is 3.52. The topological polar surface area (TPSA) is 76.5 Å². The summed E-state index contributed by atoms with van der Waals surface area (Å²) in [7, 11) is 1.61. The Morgan fingerprint density at radius 3 is 2.52 bits per heavy atom. The van der Waals surface area contributed by atoms with Crippen LogP contribution in [-0.2, 0) is 5.75 Å². The maximum Gasteiger partial charge on any atom is 0.271 e. The van der Waals surface area contributed by atoms with Gasteiger partial charge in [-0.1, -0.05) is 36.0 Å². The minimum Gasteiger partial charge on any atom is -0.497 e. The number of aromatic nitrogens is 2. The van der Waals surface area contributed by atoms with E-state index in [0.717, 1.165) is 39.2 Å². The van der Waals surface area contributed by atoms with E-state index < -0.39 is 0 Å². The van der Waals surface area contributed by atoms with E-state index in [9.17, 15) is 4.79 Å². The molecule has 0 saturated carbocycles. The van der Waals surface area contributed by atoms with Crippen LogP contribution in [0.5, 0.6) is 5.75 Å². The molecule has 0 bridgehead atoms. The standard InChI is InChI=1S/C22H22N4O2S/c1-15-11-16(2)25-22(24-15)29-14-17-7-9-19(10-8-17)21(27)26-23-13-18-5-4-6-20(12-18)28-3/h4-13H,14H2,1-3H3,(H,26,27)/b23-13+. The van der Waals surface area contributed by atoms with Crippen LogP contribution in [0.1, 0.15) is 32.9 Å². The summed E-state index contributed by atoms with van der Waals surface area (Å²) in [6.45, 7) is 3.92. The molecule has 3 aromatic rings. The zero-order valence-electron chi connectivity index (χ0n) is 16.5. The van der Waals surface area contributed by atoms with E-state index in [1.807, 2.05) is 56.3 Å². The number of hydrogen-bond acceptors (Lipinski definition) is 6. The lowest BCUT2D eigenvalue weighted by Gasteiger charge is -2.05. The molecule has 3 rings (SSSR count). The Balaban J connectivity index is 1.54. The number of amides is 1. The predicted molar refractivity (Wildman–Crippen MR) is 116 cm³/mol. The van der Waals surface area contributed by atoms with Crippen LogP contribution in [0, 0.1) is 13.8 Å². The average molecular weight is 407 g/mol. The Morgan fingerprint density at radius 1 is 1.10 bits per heavy atom. The molecule has 148 valence electrons. The molecule has 1 amide bonds. The normalized spacial score (nSPS) is 10.9. The molecule has 0 unspecified atom stereocenters.